The van der Waals surface area contributed by atoms with Gasteiger partial charge in [-0.2, -0.15) is 13.2 Å². The zero-order valence-corrected chi connectivity index (χ0v) is 12.2. The second kappa shape index (κ2) is 6.01. The predicted molar refractivity (Wildman–Crippen MR) is 75.4 cm³/mol. The smallest absolute Gasteiger partial charge is 0.366 e. The Bertz CT molecular complexity index is 642. The summed E-state index contributed by atoms with van der Waals surface area (Å²) in [7, 11) is 1.36. The summed E-state index contributed by atoms with van der Waals surface area (Å²) in [5.41, 5.74) is -3.82. The molecular formula is C13H14F3N3O4. The predicted octanol–water partition coefficient (Wildman–Crippen LogP) is 3.90. The minimum Gasteiger partial charge on any atom is -0.366 e. The molecule has 0 spiro atoms. The van der Waals surface area contributed by atoms with Gasteiger partial charge in [0.2, 0.25) is 0 Å². The first-order valence-electron chi connectivity index (χ1n) is 6.89. The van der Waals surface area contributed by atoms with Crippen molar-refractivity contribution in [2.45, 2.75) is 37.9 Å². The van der Waals surface area contributed by atoms with Crippen LogP contribution >= 0.6 is 0 Å². The van der Waals surface area contributed by atoms with Crippen LogP contribution in [0.1, 0.15) is 31.2 Å². The minimum atomic E-state index is -4.93. The Hall–Kier alpha value is -2.39. The molecule has 0 atom stereocenters. The highest BCUT2D eigenvalue weighted by atomic mass is 19.4. The summed E-state index contributed by atoms with van der Waals surface area (Å²) in [6, 6.07) is 0.681. The Kier molecular flexibility index (Phi) is 4.44. The van der Waals surface area contributed by atoms with Crippen LogP contribution in [0.15, 0.2) is 12.1 Å². The lowest BCUT2D eigenvalue weighted by atomic mass is 10.1. The molecule has 23 heavy (non-hydrogen) atoms. The Labute approximate surface area is 129 Å². The summed E-state index contributed by atoms with van der Waals surface area (Å²) in [5, 5.41) is 22.0. The van der Waals surface area contributed by atoms with Crippen molar-refractivity contribution in [3.8, 4) is 0 Å². The third kappa shape index (κ3) is 3.35. The summed E-state index contributed by atoms with van der Waals surface area (Å²) in [5.74, 6) is 0. The highest BCUT2D eigenvalue weighted by molar-refractivity contribution is 5.72. The van der Waals surface area contributed by atoms with Crippen molar-refractivity contribution in [2.24, 2.45) is 0 Å². The summed E-state index contributed by atoms with van der Waals surface area (Å²) in [4.78, 5) is 21.1. The molecule has 1 aliphatic rings. The van der Waals surface area contributed by atoms with E-state index in [2.05, 4.69) is 0 Å². The molecule has 0 aliphatic heterocycles. The maximum absolute atomic E-state index is 13.3. The summed E-state index contributed by atoms with van der Waals surface area (Å²) < 4.78 is 39.9. The van der Waals surface area contributed by atoms with Crippen LogP contribution in [0.3, 0.4) is 0 Å². The second-order valence-corrected chi connectivity index (χ2v) is 5.42. The summed E-state index contributed by atoms with van der Waals surface area (Å²) in [6.45, 7) is 0. The van der Waals surface area contributed by atoms with Crippen molar-refractivity contribution in [3.63, 3.8) is 0 Å². The number of non-ortho nitro benzene ring substituents is 1. The van der Waals surface area contributed by atoms with E-state index < -0.39 is 38.6 Å². The van der Waals surface area contributed by atoms with Crippen LogP contribution in [0.5, 0.6) is 0 Å². The molecule has 0 unspecified atom stereocenters. The van der Waals surface area contributed by atoms with E-state index in [0.29, 0.717) is 25.0 Å². The molecule has 1 fully saturated rings. The van der Waals surface area contributed by atoms with Gasteiger partial charge < -0.3 is 4.90 Å². The van der Waals surface area contributed by atoms with E-state index in [1.54, 1.807) is 0 Å². The average Bonchev–Trinajstić information content (AvgIpc) is 2.98. The summed E-state index contributed by atoms with van der Waals surface area (Å²) in [6.07, 6.45) is -2.02. The van der Waals surface area contributed by atoms with Gasteiger partial charge in [-0.15, -0.1) is 0 Å². The van der Waals surface area contributed by atoms with Crippen molar-refractivity contribution in [1.29, 1.82) is 0 Å². The first-order valence-corrected chi connectivity index (χ1v) is 6.89. The molecule has 0 amide bonds. The van der Waals surface area contributed by atoms with Gasteiger partial charge in [0, 0.05) is 19.2 Å². The molecule has 1 aromatic rings. The molecule has 0 heterocycles. The van der Waals surface area contributed by atoms with E-state index in [0.717, 1.165) is 12.8 Å². The standard InChI is InChI=1S/C13H14F3N3O4/c1-17(8-4-2-3-5-8)12-10(13(14,15)16)6-9(18(20)21)7-11(12)19(22)23/h6-8H,2-5H2,1H3. The first kappa shape index (κ1) is 17.0. The van der Waals surface area contributed by atoms with Gasteiger partial charge in [0.25, 0.3) is 11.4 Å². The number of nitro benzene ring substituents is 2. The van der Waals surface area contributed by atoms with Gasteiger partial charge in [-0.3, -0.25) is 20.2 Å². The molecule has 10 heteroatoms. The first-order chi connectivity index (χ1) is 10.6. The van der Waals surface area contributed by atoms with E-state index in [1.165, 1.54) is 11.9 Å². The van der Waals surface area contributed by atoms with Gasteiger partial charge in [-0.1, -0.05) is 12.8 Å². The molecule has 2 rings (SSSR count). The van der Waals surface area contributed by atoms with Gasteiger partial charge in [-0.05, 0) is 12.8 Å². The van der Waals surface area contributed by atoms with Crippen molar-refractivity contribution in [2.75, 3.05) is 11.9 Å². The van der Waals surface area contributed by atoms with E-state index >= 15 is 0 Å². The van der Waals surface area contributed by atoms with Crippen LogP contribution < -0.4 is 4.90 Å². The van der Waals surface area contributed by atoms with Gasteiger partial charge in [0.15, 0.2) is 0 Å². The topological polar surface area (TPSA) is 89.5 Å². The number of nitrogens with zero attached hydrogens (tertiary/aromatic N) is 3. The Morgan fingerprint density at radius 3 is 2.13 bits per heavy atom. The number of anilines is 1. The maximum Gasteiger partial charge on any atom is 0.418 e. The van der Waals surface area contributed by atoms with E-state index in [1.807, 2.05) is 0 Å². The fraction of sp³-hybridized carbons (Fsp3) is 0.538. The fourth-order valence-corrected chi connectivity index (χ4v) is 2.91. The average molecular weight is 333 g/mol. The number of alkyl halides is 3. The number of benzene rings is 1. The number of hydrogen-bond acceptors (Lipinski definition) is 5. The molecule has 7 nitrogen and oxygen atoms in total. The van der Waals surface area contributed by atoms with Crippen molar-refractivity contribution < 1.29 is 23.0 Å². The lowest BCUT2D eigenvalue weighted by molar-refractivity contribution is -0.394. The molecule has 1 aromatic carbocycles. The largest absolute Gasteiger partial charge is 0.418 e. The van der Waals surface area contributed by atoms with E-state index in [9.17, 15) is 33.4 Å². The van der Waals surface area contributed by atoms with Crippen LogP contribution in [0.25, 0.3) is 0 Å². The summed E-state index contributed by atoms with van der Waals surface area (Å²) >= 11 is 0. The van der Waals surface area contributed by atoms with Crippen molar-refractivity contribution in [1.82, 2.24) is 0 Å². The van der Waals surface area contributed by atoms with Crippen LogP contribution in [0.4, 0.5) is 30.2 Å². The van der Waals surface area contributed by atoms with Gasteiger partial charge in [-0.25, -0.2) is 0 Å². The molecule has 0 saturated heterocycles. The molecule has 1 aliphatic carbocycles. The molecule has 126 valence electrons. The van der Waals surface area contributed by atoms with E-state index in [-0.39, 0.29) is 6.04 Å². The van der Waals surface area contributed by atoms with Gasteiger partial charge in [0.05, 0.1) is 21.5 Å². The highest BCUT2D eigenvalue weighted by Crippen LogP contribution is 2.45. The number of halogens is 3. The zero-order chi connectivity index (χ0) is 17.4. The molecular weight excluding hydrogens is 319 g/mol. The third-order valence-electron chi connectivity index (χ3n) is 4.01. The molecule has 0 N–H and O–H groups in total. The second-order valence-electron chi connectivity index (χ2n) is 5.42. The van der Waals surface area contributed by atoms with Gasteiger partial charge in [0.1, 0.15) is 5.69 Å². The zero-order valence-electron chi connectivity index (χ0n) is 12.2. The number of nitro groups is 2. The SMILES string of the molecule is CN(c1c([N+](=O)[O-])cc([N+](=O)[O-])cc1C(F)(F)F)C1CCCC1. The van der Waals surface area contributed by atoms with Crippen LogP contribution in [-0.4, -0.2) is 22.9 Å². The highest BCUT2D eigenvalue weighted by Gasteiger charge is 2.42. The Morgan fingerprint density at radius 2 is 1.70 bits per heavy atom. The Balaban J connectivity index is 2.69. The molecule has 0 radical (unpaired) electrons. The third-order valence-corrected chi connectivity index (χ3v) is 4.01. The molecule has 1 saturated carbocycles. The maximum atomic E-state index is 13.3. The number of rotatable bonds is 4. The molecule has 0 aromatic heterocycles. The van der Waals surface area contributed by atoms with Crippen molar-refractivity contribution in [3.05, 3.63) is 37.9 Å². The Morgan fingerprint density at radius 1 is 1.13 bits per heavy atom. The lowest BCUT2D eigenvalue weighted by Crippen LogP contribution is -2.31. The van der Waals surface area contributed by atoms with Crippen LogP contribution in [0.2, 0.25) is 0 Å². The fourth-order valence-electron chi connectivity index (χ4n) is 2.91. The van der Waals surface area contributed by atoms with Gasteiger partial charge >= 0.3 is 6.18 Å². The van der Waals surface area contributed by atoms with Crippen molar-refractivity contribution >= 4 is 17.1 Å². The van der Waals surface area contributed by atoms with E-state index in [4.69, 9.17) is 0 Å². The quantitative estimate of drug-likeness (QED) is 0.616. The monoisotopic (exact) mass is 333 g/mol. The van der Waals surface area contributed by atoms with Crippen LogP contribution in [0, 0.1) is 20.2 Å². The normalized spacial score (nSPS) is 15.7. The number of hydrogen-bond donors (Lipinski definition) is 0. The lowest BCUT2D eigenvalue weighted by Gasteiger charge is -2.28. The molecule has 0 bridgehead atoms. The van der Waals surface area contributed by atoms with Crippen LogP contribution in [-0.2, 0) is 6.18 Å². The minimum absolute atomic E-state index is 0.253.